The standard InChI is InChI=1S/C16H30N2O3/c1-4-18(13-7-5-6-8-13)15(21)17-12-11-16(2,3)10-9-14(19)20/h13H,4-12H2,1-3H3,(H,17,21)(H,19,20). The third-order valence-electron chi connectivity index (χ3n) is 4.46. The summed E-state index contributed by atoms with van der Waals surface area (Å²) in [5.74, 6) is -0.759. The first-order chi connectivity index (χ1) is 9.85. The van der Waals surface area contributed by atoms with Crippen molar-refractivity contribution in [2.75, 3.05) is 13.1 Å². The van der Waals surface area contributed by atoms with E-state index in [4.69, 9.17) is 5.11 Å². The molecule has 2 amide bonds. The topological polar surface area (TPSA) is 69.6 Å². The Hall–Kier alpha value is -1.26. The molecule has 0 atom stereocenters. The van der Waals surface area contributed by atoms with Crippen molar-refractivity contribution < 1.29 is 14.7 Å². The number of nitrogens with zero attached hydrogens (tertiary/aromatic N) is 1. The average Bonchev–Trinajstić information content (AvgIpc) is 2.91. The summed E-state index contributed by atoms with van der Waals surface area (Å²) in [6.45, 7) is 7.48. The quantitative estimate of drug-likeness (QED) is 0.722. The number of nitrogens with one attached hydrogen (secondary N) is 1. The van der Waals surface area contributed by atoms with Gasteiger partial charge < -0.3 is 15.3 Å². The van der Waals surface area contributed by atoms with Crippen molar-refractivity contribution in [2.45, 2.75) is 71.8 Å². The fraction of sp³-hybridized carbons (Fsp3) is 0.875. The lowest BCUT2D eigenvalue weighted by Gasteiger charge is -2.29. The second kappa shape index (κ2) is 8.25. The van der Waals surface area contributed by atoms with Gasteiger partial charge in [-0.2, -0.15) is 0 Å². The van der Waals surface area contributed by atoms with Gasteiger partial charge in [-0.3, -0.25) is 4.79 Å². The largest absolute Gasteiger partial charge is 0.481 e. The monoisotopic (exact) mass is 298 g/mol. The van der Waals surface area contributed by atoms with Gasteiger partial charge in [-0.1, -0.05) is 26.7 Å². The lowest BCUT2D eigenvalue weighted by molar-refractivity contribution is -0.137. The molecule has 0 heterocycles. The van der Waals surface area contributed by atoms with E-state index >= 15 is 0 Å². The highest BCUT2D eigenvalue weighted by molar-refractivity contribution is 5.74. The molecule has 0 aromatic rings. The van der Waals surface area contributed by atoms with Crippen LogP contribution in [0.25, 0.3) is 0 Å². The minimum Gasteiger partial charge on any atom is -0.481 e. The SMILES string of the molecule is CCN(C(=O)NCCC(C)(C)CCC(=O)O)C1CCCC1. The van der Waals surface area contributed by atoms with Gasteiger partial charge in [0.1, 0.15) is 0 Å². The minimum absolute atomic E-state index is 0.0263. The number of carboxylic acid groups (broad SMARTS) is 1. The molecule has 0 aliphatic heterocycles. The van der Waals surface area contributed by atoms with Crippen LogP contribution < -0.4 is 5.32 Å². The predicted molar refractivity (Wildman–Crippen MR) is 83.3 cm³/mol. The first kappa shape index (κ1) is 17.8. The van der Waals surface area contributed by atoms with E-state index in [1.807, 2.05) is 11.8 Å². The Bertz CT molecular complexity index is 349. The molecule has 0 aromatic heterocycles. The summed E-state index contributed by atoms with van der Waals surface area (Å²) >= 11 is 0. The van der Waals surface area contributed by atoms with Gasteiger partial charge in [0.25, 0.3) is 0 Å². The summed E-state index contributed by atoms with van der Waals surface area (Å²) in [5, 5.41) is 11.7. The van der Waals surface area contributed by atoms with Crippen molar-refractivity contribution >= 4 is 12.0 Å². The summed E-state index contributed by atoms with van der Waals surface area (Å²) in [4.78, 5) is 24.8. The molecule has 1 fully saturated rings. The van der Waals surface area contributed by atoms with E-state index in [9.17, 15) is 9.59 Å². The van der Waals surface area contributed by atoms with Crippen molar-refractivity contribution in [3.05, 3.63) is 0 Å². The highest BCUT2D eigenvalue weighted by Crippen LogP contribution is 2.26. The lowest BCUT2D eigenvalue weighted by Crippen LogP contribution is -2.45. The van der Waals surface area contributed by atoms with E-state index in [-0.39, 0.29) is 17.9 Å². The van der Waals surface area contributed by atoms with Crippen LogP contribution >= 0.6 is 0 Å². The minimum atomic E-state index is -0.759. The van der Waals surface area contributed by atoms with Gasteiger partial charge in [-0.05, 0) is 38.0 Å². The molecule has 0 saturated heterocycles. The number of carbonyl (C=O) groups is 2. The smallest absolute Gasteiger partial charge is 0.317 e. The van der Waals surface area contributed by atoms with Gasteiger partial charge >= 0.3 is 12.0 Å². The van der Waals surface area contributed by atoms with Crippen LogP contribution in [0.1, 0.15) is 65.7 Å². The van der Waals surface area contributed by atoms with E-state index in [1.54, 1.807) is 0 Å². The zero-order valence-electron chi connectivity index (χ0n) is 13.7. The molecule has 5 heteroatoms. The van der Waals surface area contributed by atoms with Crippen LogP contribution in [0.15, 0.2) is 0 Å². The zero-order valence-corrected chi connectivity index (χ0v) is 13.7. The molecule has 1 saturated carbocycles. The Morgan fingerprint density at radius 2 is 1.86 bits per heavy atom. The van der Waals surface area contributed by atoms with Gasteiger partial charge in [0.05, 0.1) is 0 Å². The number of hydrogen-bond acceptors (Lipinski definition) is 2. The molecule has 21 heavy (non-hydrogen) atoms. The number of carbonyl (C=O) groups excluding carboxylic acids is 1. The number of urea groups is 1. The summed E-state index contributed by atoms with van der Waals surface area (Å²) < 4.78 is 0. The van der Waals surface area contributed by atoms with Crippen molar-refractivity contribution in [1.82, 2.24) is 10.2 Å². The van der Waals surface area contributed by atoms with Gasteiger partial charge in [0.2, 0.25) is 0 Å². The fourth-order valence-corrected chi connectivity index (χ4v) is 2.96. The van der Waals surface area contributed by atoms with Crippen molar-refractivity contribution in [1.29, 1.82) is 0 Å². The Morgan fingerprint density at radius 3 is 2.38 bits per heavy atom. The normalized spacial score (nSPS) is 16.0. The molecular weight excluding hydrogens is 268 g/mol. The van der Waals surface area contributed by atoms with Crippen molar-refractivity contribution in [3.8, 4) is 0 Å². The molecular formula is C16H30N2O3. The van der Waals surface area contributed by atoms with Gasteiger partial charge in [-0.25, -0.2) is 4.79 Å². The molecule has 0 unspecified atom stereocenters. The third-order valence-corrected chi connectivity index (χ3v) is 4.46. The number of carboxylic acids is 1. The Labute approximate surface area is 128 Å². The van der Waals surface area contributed by atoms with Crippen molar-refractivity contribution in [2.24, 2.45) is 5.41 Å². The molecule has 0 spiro atoms. The number of aliphatic carboxylic acids is 1. The van der Waals surface area contributed by atoms with E-state index in [0.717, 1.165) is 25.8 Å². The first-order valence-corrected chi connectivity index (χ1v) is 8.12. The van der Waals surface area contributed by atoms with Crippen LogP contribution in [-0.2, 0) is 4.79 Å². The second-order valence-electron chi connectivity index (χ2n) is 6.76. The Kier molecular flexibility index (Phi) is 6.99. The van der Waals surface area contributed by atoms with Crippen LogP contribution in [0.2, 0.25) is 0 Å². The first-order valence-electron chi connectivity index (χ1n) is 8.12. The van der Waals surface area contributed by atoms with Crippen LogP contribution in [0.4, 0.5) is 4.79 Å². The maximum atomic E-state index is 12.2. The Balaban J connectivity index is 2.32. The van der Waals surface area contributed by atoms with Gasteiger partial charge in [0.15, 0.2) is 0 Å². The second-order valence-corrected chi connectivity index (χ2v) is 6.76. The highest BCUT2D eigenvalue weighted by Gasteiger charge is 2.25. The molecule has 0 radical (unpaired) electrons. The molecule has 1 aliphatic rings. The van der Waals surface area contributed by atoms with Gasteiger partial charge in [0, 0.05) is 25.6 Å². The molecule has 1 rings (SSSR count). The van der Waals surface area contributed by atoms with E-state index in [0.29, 0.717) is 19.0 Å². The molecule has 1 aliphatic carbocycles. The molecule has 122 valence electrons. The van der Waals surface area contributed by atoms with E-state index < -0.39 is 5.97 Å². The highest BCUT2D eigenvalue weighted by atomic mass is 16.4. The number of hydrogen-bond donors (Lipinski definition) is 2. The van der Waals surface area contributed by atoms with E-state index in [2.05, 4.69) is 19.2 Å². The lowest BCUT2D eigenvalue weighted by atomic mass is 9.84. The number of amides is 2. The molecule has 0 bridgehead atoms. The maximum absolute atomic E-state index is 12.2. The molecule has 2 N–H and O–H groups in total. The average molecular weight is 298 g/mol. The van der Waals surface area contributed by atoms with Crippen LogP contribution in [0.3, 0.4) is 0 Å². The molecule has 5 nitrogen and oxygen atoms in total. The maximum Gasteiger partial charge on any atom is 0.317 e. The summed E-state index contributed by atoms with van der Waals surface area (Å²) in [6, 6.07) is 0.424. The van der Waals surface area contributed by atoms with Crippen LogP contribution in [0.5, 0.6) is 0 Å². The van der Waals surface area contributed by atoms with Crippen LogP contribution in [0, 0.1) is 5.41 Å². The third kappa shape index (κ3) is 6.36. The van der Waals surface area contributed by atoms with Crippen molar-refractivity contribution in [3.63, 3.8) is 0 Å². The summed E-state index contributed by atoms with van der Waals surface area (Å²) in [5.41, 5.74) is -0.0595. The Morgan fingerprint density at radius 1 is 1.24 bits per heavy atom. The summed E-state index contributed by atoms with van der Waals surface area (Å²) in [6.07, 6.45) is 6.29. The summed E-state index contributed by atoms with van der Waals surface area (Å²) in [7, 11) is 0. The number of rotatable bonds is 8. The molecule has 0 aromatic carbocycles. The van der Waals surface area contributed by atoms with E-state index in [1.165, 1.54) is 12.8 Å². The predicted octanol–water partition coefficient (Wildman–Crippen LogP) is 3.24. The van der Waals surface area contributed by atoms with Crippen LogP contribution in [-0.4, -0.2) is 41.1 Å². The fourth-order valence-electron chi connectivity index (χ4n) is 2.96. The van der Waals surface area contributed by atoms with Gasteiger partial charge in [-0.15, -0.1) is 0 Å². The zero-order chi connectivity index (χ0) is 15.9.